The fourth-order valence-electron chi connectivity index (χ4n) is 2.81. The van der Waals surface area contributed by atoms with Gasteiger partial charge in [0.1, 0.15) is 5.52 Å². The molecule has 21 heavy (non-hydrogen) atoms. The van der Waals surface area contributed by atoms with Crippen LogP contribution in [0.1, 0.15) is 19.3 Å². The van der Waals surface area contributed by atoms with Crippen molar-refractivity contribution in [1.29, 1.82) is 0 Å². The minimum Gasteiger partial charge on any atom is -0.382 e. The highest BCUT2D eigenvalue weighted by Gasteiger charge is 2.17. The van der Waals surface area contributed by atoms with Gasteiger partial charge in [0.25, 0.3) is 5.69 Å². The van der Waals surface area contributed by atoms with Crippen molar-refractivity contribution in [3.8, 4) is 0 Å². The minimum atomic E-state index is -0.380. The lowest BCUT2D eigenvalue weighted by atomic mass is 10.1. The molecule has 0 bridgehead atoms. The van der Waals surface area contributed by atoms with Gasteiger partial charge in [-0.3, -0.25) is 10.1 Å². The molecule has 2 aromatic rings. The van der Waals surface area contributed by atoms with Crippen molar-refractivity contribution in [2.75, 3.05) is 18.4 Å². The summed E-state index contributed by atoms with van der Waals surface area (Å²) in [5.74, 6) is 0. The van der Waals surface area contributed by atoms with Crippen molar-refractivity contribution in [1.82, 2.24) is 10.3 Å². The van der Waals surface area contributed by atoms with E-state index in [0.29, 0.717) is 11.6 Å². The number of anilines is 1. The molecule has 3 rings (SSSR count). The smallest absolute Gasteiger partial charge is 0.295 e. The maximum absolute atomic E-state index is 11.1. The highest BCUT2D eigenvalue weighted by atomic mass is 16.6. The molecule has 1 unspecified atom stereocenters. The monoisotopic (exact) mass is 286 g/mol. The summed E-state index contributed by atoms with van der Waals surface area (Å²) >= 11 is 0. The number of pyridine rings is 1. The van der Waals surface area contributed by atoms with Crippen molar-refractivity contribution in [3.63, 3.8) is 0 Å². The van der Waals surface area contributed by atoms with Gasteiger partial charge in [-0.25, -0.2) is 4.98 Å². The van der Waals surface area contributed by atoms with Crippen molar-refractivity contribution < 1.29 is 4.92 Å². The molecule has 110 valence electrons. The zero-order valence-corrected chi connectivity index (χ0v) is 11.7. The van der Waals surface area contributed by atoms with Crippen molar-refractivity contribution >= 4 is 22.3 Å². The molecule has 1 aliphatic heterocycles. The molecule has 0 spiro atoms. The first-order valence-corrected chi connectivity index (χ1v) is 7.25. The molecule has 6 nitrogen and oxygen atoms in total. The van der Waals surface area contributed by atoms with Gasteiger partial charge in [0, 0.05) is 29.4 Å². The van der Waals surface area contributed by atoms with Gasteiger partial charge in [-0.05, 0) is 50.6 Å². The Morgan fingerprint density at radius 2 is 2.19 bits per heavy atom. The molecule has 1 saturated heterocycles. The number of hydrogen-bond acceptors (Lipinski definition) is 5. The summed E-state index contributed by atoms with van der Waals surface area (Å²) in [6.07, 6.45) is 4.89. The van der Waals surface area contributed by atoms with Gasteiger partial charge < -0.3 is 10.6 Å². The Kier molecular flexibility index (Phi) is 3.96. The summed E-state index contributed by atoms with van der Waals surface area (Å²) in [6.45, 7) is 2.06. The number of aromatic nitrogens is 1. The maximum Gasteiger partial charge on any atom is 0.295 e. The molecule has 2 heterocycles. The van der Waals surface area contributed by atoms with E-state index in [0.717, 1.165) is 43.4 Å². The Bertz CT molecular complexity index is 651. The van der Waals surface area contributed by atoms with E-state index in [2.05, 4.69) is 15.6 Å². The summed E-state index contributed by atoms with van der Waals surface area (Å²) in [7, 11) is 0. The molecule has 6 heteroatoms. The number of nitrogens with zero attached hydrogens (tertiary/aromatic N) is 2. The van der Waals surface area contributed by atoms with Crippen LogP contribution in [0.25, 0.3) is 10.9 Å². The standard InChI is InChI=1S/C15H18N4O2/c20-19(21)14-6-5-13(12-4-2-9-17-15(12)14)18-11-3-1-8-16-10-7-11/h2,4-6,9,11,16,18H,1,3,7-8,10H2. The second-order valence-electron chi connectivity index (χ2n) is 5.31. The normalized spacial score (nSPS) is 19.1. The first kappa shape index (κ1) is 13.8. The summed E-state index contributed by atoms with van der Waals surface area (Å²) in [4.78, 5) is 14.9. The van der Waals surface area contributed by atoms with Gasteiger partial charge in [-0.1, -0.05) is 0 Å². The number of nitrogens with one attached hydrogen (secondary N) is 2. The fraction of sp³-hybridized carbons (Fsp3) is 0.400. The SMILES string of the molecule is O=[N+]([O-])c1ccc(NC2CCCNCC2)c2cccnc12. The average molecular weight is 286 g/mol. The number of nitro groups is 1. The third-order valence-corrected chi connectivity index (χ3v) is 3.88. The Balaban J connectivity index is 1.95. The Morgan fingerprint density at radius 1 is 1.29 bits per heavy atom. The van der Waals surface area contributed by atoms with Crippen LogP contribution in [-0.2, 0) is 0 Å². The van der Waals surface area contributed by atoms with Crippen LogP contribution < -0.4 is 10.6 Å². The number of rotatable bonds is 3. The molecule has 0 radical (unpaired) electrons. The molecule has 1 atom stereocenters. The largest absolute Gasteiger partial charge is 0.382 e. The zero-order valence-electron chi connectivity index (χ0n) is 11.7. The van der Waals surface area contributed by atoms with E-state index < -0.39 is 0 Å². The average Bonchev–Trinajstić information content (AvgIpc) is 2.76. The van der Waals surface area contributed by atoms with E-state index in [1.54, 1.807) is 12.3 Å². The van der Waals surface area contributed by atoms with Crippen molar-refractivity contribution in [3.05, 3.63) is 40.6 Å². The first-order valence-electron chi connectivity index (χ1n) is 7.25. The van der Waals surface area contributed by atoms with Crippen LogP contribution in [0.15, 0.2) is 30.5 Å². The van der Waals surface area contributed by atoms with Crippen molar-refractivity contribution in [2.45, 2.75) is 25.3 Å². The first-order chi connectivity index (χ1) is 10.3. The quantitative estimate of drug-likeness (QED) is 0.670. The molecule has 1 aliphatic rings. The summed E-state index contributed by atoms with van der Waals surface area (Å²) in [6, 6.07) is 7.41. The number of fused-ring (bicyclic) bond motifs is 1. The van der Waals surface area contributed by atoms with E-state index in [1.165, 1.54) is 6.07 Å². The fourth-order valence-corrected chi connectivity index (χ4v) is 2.81. The summed E-state index contributed by atoms with van der Waals surface area (Å²) < 4.78 is 0. The lowest BCUT2D eigenvalue weighted by Gasteiger charge is -2.18. The van der Waals surface area contributed by atoms with Gasteiger partial charge in [0.15, 0.2) is 0 Å². The molecule has 0 saturated carbocycles. The Hall–Kier alpha value is -2.21. The van der Waals surface area contributed by atoms with Crippen molar-refractivity contribution in [2.24, 2.45) is 0 Å². The molecular weight excluding hydrogens is 268 g/mol. The predicted octanol–water partition coefficient (Wildman–Crippen LogP) is 2.70. The van der Waals surface area contributed by atoms with Crippen LogP contribution in [0, 0.1) is 10.1 Å². The predicted molar refractivity (Wildman–Crippen MR) is 82.5 cm³/mol. The third kappa shape index (κ3) is 2.95. The number of non-ortho nitro benzene ring substituents is 1. The number of hydrogen-bond donors (Lipinski definition) is 2. The second kappa shape index (κ2) is 6.05. The van der Waals surface area contributed by atoms with Crippen LogP contribution in [-0.4, -0.2) is 29.0 Å². The maximum atomic E-state index is 11.1. The molecule has 0 amide bonds. The molecule has 0 aliphatic carbocycles. The molecule has 1 fully saturated rings. The lowest BCUT2D eigenvalue weighted by Crippen LogP contribution is -2.21. The highest BCUT2D eigenvalue weighted by Crippen LogP contribution is 2.30. The van der Waals surface area contributed by atoms with Crippen LogP contribution in [0.2, 0.25) is 0 Å². The molecule has 2 N–H and O–H groups in total. The molecule has 1 aromatic carbocycles. The number of benzene rings is 1. The van der Waals surface area contributed by atoms with E-state index in [4.69, 9.17) is 0 Å². The van der Waals surface area contributed by atoms with Crippen LogP contribution in [0.4, 0.5) is 11.4 Å². The zero-order chi connectivity index (χ0) is 14.7. The molecule has 1 aromatic heterocycles. The lowest BCUT2D eigenvalue weighted by molar-refractivity contribution is -0.383. The summed E-state index contributed by atoms with van der Waals surface area (Å²) in [5, 5.41) is 18.8. The van der Waals surface area contributed by atoms with Gasteiger partial charge >= 0.3 is 0 Å². The van der Waals surface area contributed by atoms with E-state index >= 15 is 0 Å². The van der Waals surface area contributed by atoms with E-state index in [1.807, 2.05) is 12.1 Å². The minimum absolute atomic E-state index is 0.0543. The van der Waals surface area contributed by atoms with Gasteiger partial charge in [0.2, 0.25) is 0 Å². The summed E-state index contributed by atoms with van der Waals surface area (Å²) in [5.41, 5.74) is 1.42. The van der Waals surface area contributed by atoms with Crippen LogP contribution in [0.3, 0.4) is 0 Å². The van der Waals surface area contributed by atoms with Crippen LogP contribution >= 0.6 is 0 Å². The number of nitro benzene ring substituents is 1. The van der Waals surface area contributed by atoms with E-state index in [9.17, 15) is 10.1 Å². The van der Waals surface area contributed by atoms with Crippen LogP contribution in [0.5, 0.6) is 0 Å². The molecular formula is C15H18N4O2. The van der Waals surface area contributed by atoms with E-state index in [-0.39, 0.29) is 10.6 Å². The van der Waals surface area contributed by atoms with Gasteiger partial charge in [0.05, 0.1) is 4.92 Å². The van der Waals surface area contributed by atoms with Gasteiger partial charge in [-0.2, -0.15) is 0 Å². The third-order valence-electron chi connectivity index (χ3n) is 3.88. The second-order valence-corrected chi connectivity index (χ2v) is 5.31. The van der Waals surface area contributed by atoms with Gasteiger partial charge in [-0.15, -0.1) is 0 Å². The topological polar surface area (TPSA) is 80.1 Å². The Labute approximate surface area is 122 Å². The Morgan fingerprint density at radius 3 is 3.05 bits per heavy atom. The highest BCUT2D eigenvalue weighted by molar-refractivity contribution is 5.96.